The maximum absolute atomic E-state index is 13.5. The Morgan fingerprint density at radius 1 is 1.22 bits per heavy atom. The predicted molar refractivity (Wildman–Crippen MR) is 86.9 cm³/mol. The van der Waals surface area contributed by atoms with E-state index in [1.165, 1.54) is 19.2 Å². The van der Waals surface area contributed by atoms with Crippen LogP contribution in [0.5, 0.6) is 17.2 Å². The van der Waals surface area contributed by atoms with Gasteiger partial charge in [-0.2, -0.15) is 0 Å². The van der Waals surface area contributed by atoms with E-state index in [-0.39, 0.29) is 23.9 Å². The first-order chi connectivity index (χ1) is 11.0. The van der Waals surface area contributed by atoms with Gasteiger partial charge in [0, 0.05) is 17.4 Å². The van der Waals surface area contributed by atoms with Gasteiger partial charge in [0.05, 0.1) is 12.7 Å². The topological polar surface area (TPSA) is 44.8 Å². The largest absolute Gasteiger partial charge is 0.496 e. The number of rotatable bonds is 6. The van der Waals surface area contributed by atoms with Gasteiger partial charge in [0.15, 0.2) is 0 Å². The van der Waals surface area contributed by atoms with Crippen LogP contribution in [0.3, 0.4) is 0 Å². The third kappa shape index (κ3) is 4.39. The minimum atomic E-state index is -0.469. The molecule has 0 aliphatic carbocycles. The molecule has 0 unspecified atom stereocenters. The molecule has 0 bridgehead atoms. The second-order valence-electron chi connectivity index (χ2n) is 4.67. The summed E-state index contributed by atoms with van der Waals surface area (Å²) in [6.07, 6.45) is 0.256. The molecule has 0 heterocycles. The molecule has 0 aromatic heterocycles. The number of carbonyl (C=O) groups is 1. The number of methoxy groups -OCH3 is 1. The lowest BCUT2D eigenvalue weighted by Crippen LogP contribution is -2.09. The monoisotopic (exact) mass is 336 g/mol. The van der Waals surface area contributed by atoms with Crippen molar-refractivity contribution in [3.8, 4) is 17.2 Å². The van der Waals surface area contributed by atoms with Gasteiger partial charge in [-0.25, -0.2) is 4.39 Å². The normalized spacial score (nSPS) is 10.3. The average Bonchev–Trinajstić information content (AvgIpc) is 2.56. The van der Waals surface area contributed by atoms with Crippen molar-refractivity contribution in [1.29, 1.82) is 0 Å². The Kier molecular flexibility index (Phi) is 5.87. The summed E-state index contributed by atoms with van der Waals surface area (Å²) < 4.78 is 29.6. The second-order valence-corrected chi connectivity index (χ2v) is 5.15. The first kappa shape index (κ1) is 17.1. The van der Waals surface area contributed by atoms with Crippen LogP contribution in [-0.4, -0.2) is 13.1 Å². The maximum Gasteiger partial charge on any atom is 0.310 e. The highest BCUT2D eigenvalue weighted by atomic mass is 32.1. The zero-order valence-corrected chi connectivity index (χ0v) is 13.7. The summed E-state index contributed by atoms with van der Waals surface area (Å²) in [6.45, 7) is 1.78. The van der Waals surface area contributed by atoms with Crippen molar-refractivity contribution in [2.45, 2.75) is 24.8 Å². The van der Waals surface area contributed by atoms with Gasteiger partial charge < -0.3 is 14.2 Å². The van der Waals surface area contributed by atoms with Crippen LogP contribution in [0.2, 0.25) is 0 Å². The Balaban J connectivity index is 2.22. The van der Waals surface area contributed by atoms with Crippen molar-refractivity contribution >= 4 is 18.6 Å². The molecule has 0 aliphatic heterocycles. The van der Waals surface area contributed by atoms with Crippen LogP contribution < -0.4 is 14.2 Å². The van der Waals surface area contributed by atoms with E-state index < -0.39 is 5.82 Å². The van der Waals surface area contributed by atoms with E-state index in [2.05, 4.69) is 12.6 Å². The summed E-state index contributed by atoms with van der Waals surface area (Å²) in [4.78, 5) is 11.8. The fourth-order valence-corrected chi connectivity index (χ4v) is 2.04. The number of hydrogen-bond acceptors (Lipinski definition) is 5. The third-order valence-corrected chi connectivity index (χ3v) is 3.49. The molecule has 0 saturated heterocycles. The number of hydrogen-bond donors (Lipinski definition) is 1. The van der Waals surface area contributed by atoms with Crippen LogP contribution in [0, 0.1) is 5.82 Å². The van der Waals surface area contributed by atoms with Crippen LogP contribution in [0.4, 0.5) is 4.39 Å². The summed E-state index contributed by atoms with van der Waals surface area (Å²) in [7, 11) is 1.51. The van der Waals surface area contributed by atoms with E-state index in [1.54, 1.807) is 31.2 Å². The Morgan fingerprint density at radius 3 is 2.61 bits per heavy atom. The number of halogens is 1. The van der Waals surface area contributed by atoms with Crippen LogP contribution in [0.25, 0.3) is 0 Å². The summed E-state index contributed by atoms with van der Waals surface area (Å²) in [5.74, 6) is 0.410. The Bertz CT molecular complexity index is 703. The van der Waals surface area contributed by atoms with Gasteiger partial charge in [-0.1, -0.05) is 13.0 Å². The molecule has 122 valence electrons. The molecule has 2 aromatic rings. The van der Waals surface area contributed by atoms with E-state index in [9.17, 15) is 9.18 Å². The molecule has 0 saturated carbocycles. The third-order valence-electron chi connectivity index (χ3n) is 3.12. The van der Waals surface area contributed by atoms with Crippen LogP contribution in [0.1, 0.15) is 18.9 Å². The summed E-state index contributed by atoms with van der Waals surface area (Å²) in [5.41, 5.74) is 0.576. The Morgan fingerprint density at radius 2 is 1.96 bits per heavy atom. The summed E-state index contributed by atoms with van der Waals surface area (Å²) in [5, 5.41) is 0. The van der Waals surface area contributed by atoms with Crippen LogP contribution >= 0.6 is 12.6 Å². The number of benzene rings is 2. The lowest BCUT2D eigenvalue weighted by Gasteiger charge is -2.14. The molecule has 0 N–H and O–H groups in total. The van der Waals surface area contributed by atoms with E-state index in [0.717, 1.165) is 0 Å². The highest BCUT2D eigenvalue weighted by molar-refractivity contribution is 7.80. The van der Waals surface area contributed by atoms with Gasteiger partial charge in [-0.15, -0.1) is 12.6 Å². The average molecular weight is 336 g/mol. The summed E-state index contributed by atoms with van der Waals surface area (Å²) in [6, 6.07) is 9.48. The molecule has 4 nitrogen and oxygen atoms in total. The van der Waals surface area contributed by atoms with E-state index >= 15 is 0 Å². The first-order valence-corrected chi connectivity index (χ1v) is 7.47. The van der Waals surface area contributed by atoms with E-state index in [0.29, 0.717) is 22.8 Å². The number of esters is 1. The fourth-order valence-electron chi connectivity index (χ4n) is 1.90. The molecule has 2 aromatic carbocycles. The highest BCUT2D eigenvalue weighted by Crippen LogP contribution is 2.30. The van der Waals surface area contributed by atoms with Gasteiger partial charge in [0.25, 0.3) is 0 Å². The Labute approximate surface area is 139 Å². The molecule has 2 rings (SSSR count). The molecule has 23 heavy (non-hydrogen) atoms. The van der Waals surface area contributed by atoms with Crippen LogP contribution in [-0.2, 0) is 11.4 Å². The van der Waals surface area contributed by atoms with Crippen molar-refractivity contribution in [3.05, 3.63) is 47.8 Å². The highest BCUT2D eigenvalue weighted by Gasteiger charge is 2.14. The van der Waals surface area contributed by atoms with Gasteiger partial charge in [0.1, 0.15) is 29.7 Å². The van der Waals surface area contributed by atoms with E-state index in [1.807, 2.05) is 0 Å². The zero-order chi connectivity index (χ0) is 16.8. The minimum absolute atomic E-state index is 0.0711. The fraction of sp³-hybridized carbons (Fsp3) is 0.235. The molecular weight excluding hydrogens is 319 g/mol. The molecular formula is C17H17FO4S. The quantitative estimate of drug-likeness (QED) is 0.492. The molecule has 0 radical (unpaired) electrons. The Hall–Kier alpha value is -2.21. The van der Waals surface area contributed by atoms with Gasteiger partial charge in [-0.3, -0.25) is 4.79 Å². The number of thiol groups is 1. The predicted octanol–water partition coefficient (Wildman–Crippen LogP) is 4.02. The lowest BCUT2D eigenvalue weighted by atomic mass is 10.2. The van der Waals surface area contributed by atoms with Crippen molar-refractivity contribution in [1.82, 2.24) is 0 Å². The molecule has 0 aliphatic rings. The summed E-state index contributed by atoms with van der Waals surface area (Å²) >= 11 is 3.97. The van der Waals surface area contributed by atoms with Crippen LogP contribution in [0.15, 0.2) is 41.3 Å². The number of ether oxygens (including phenoxy) is 3. The van der Waals surface area contributed by atoms with Crippen molar-refractivity contribution in [2.75, 3.05) is 7.11 Å². The standard InChI is InChI=1S/C17H17FO4S/c1-3-17(19)22-15-6-4-5-14(20-2)12(15)10-21-11-7-8-16(23)13(18)9-11/h4-9,23H,3,10H2,1-2H3. The molecule has 0 amide bonds. The first-order valence-electron chi connectivity index (χ1n) is 7.03. The SMILES string of the molecule is CCC(=O)Oc1cccc(OC)c1COc1ccc(S)c(F)c1. The lowest BCUT2D eigenvalue weighted by molar-refractivity contribution is -0.134. The minimum Gasteiger partial charge on any atom is -0.496 e. The molecule has 0 atom stereocenters. The van der Waals surface area contributed by atoms with Gasteiger partial charge >= 0.3 is 5.97 Å². The molecule has 0 fully saturated rings. The smallest absolute Gasteiger partial charge is 0.310 e. The zero-order valence-electron chi connectivity index (χ0n) is 12.8. The maximum atomic E-state index is 13.5. The van der Waals surface area contributed by atoms with Gasteiger partial charge in [-0.05, 0) is 24.3 Å². The van der Waals surface area contributed by atoms with Crippen molar-refractivity contribution in [3.63, 3.8) is 0 Å². The van der Waals surface area contributed by atoms with Crippen molar-refractivity contribution in [2.24, 2.45) is 0 Å². The number of carbonyl (C=O) groups excluding carboxylic acids is 1. The second kappa shape index (κ2) is 7.87. The molecule has 6 heteroatoms. The van der Waals surface area contributed by atoms with Gasteiger partial charge in [0.2, 0.25) is 0 Å². The van der Waals surface area contributed by atoms with Crippen molar-refractivity contribution < 1.29 is 23.4 Å². The molecule has 0 spiro atoms. The van der Waals surface area contributed by atoms with E-state index in [4.69, 9.17) is 14.2 Å².